The molecule has 0 aromatic rings. The Morgan fingerprint density at radius 1 is 1.40 bits per heavy atom. The maximum absolute atomic E-state index is 9.42. The van der Waals surface area contributed by atoms with Gasteiger partial charge in [0.05, 0.1) is 0 Å². The standard InChI is InChI=1S/C6H15NO2Si/c7-4-1-5-10(8,9)6-2-3-6/h6,8-9H,1-5,7H2. The predicted molar refractivity (Wildman–Crippen MR) is 41.7 cm³/mol. The molecule has 0 bridgehead atoms. The van der Waals surface area contributed by atoms with E-state index in [1.165, 1.54) is 0 Å². The molecule has 0 spiro atoms. The van der Waals surface area contributed by atoms with Gasteiger partial charge in [0, 0.05) is 5.54 Å². The molecule has 0 radical (unpaired) electrons. The first kappa shape index (κ1) is 8.20. The Kier molecular flexibility index (Phi) is 2.46. The molecule has 0 unspecified atom stereocenters. The molecule has 1 rings (SSSR count). The van der Waals surface area contributed by atoms with E-state index in [0.29, 0.717) is 12.6 Å². The van der Waals surface area contributed by atoms with Crippen LogP contribution in [-0.2, 0) is 0 Å². The molecular formula is C6H15NO2Si. The molecule has 0 amide bonds. The van der Waals surface area contributed by atoms with Crippen LogP contribution in [0.4, 0.5) is 0 Å². The van der Waals surface area contributed by atoms with Crippen LogP contribution in [0.15, 0.2) is 0 Å². The Balaban J connectivity index is 2.20. The van der Waals surface area contributed by atoms with Crippen LogP contribution in [0.5, 0.6) is 0 Å². The van der Waals surface area contributed by atoms with Gasteiger partial charge in [-0.15, -0.1) is 0 Å². The molecule has 1 fully saturated rings. The van der Waals surface area contributed by atoms with Crippen LogP contribution in [0.1, 0.15) is 19.3 Å². The van der Waals surface area contributed by atoms with Gasteiger partial charge in [0.2, 0.25) is 0 Å². The Morgan fingerprint density at radius 3 is 2.40 bits per heavy atom. The highest BCUT2D eigenvalue weighted by atomic mass is 28.4. The summed E-state index contributed by atoms with van der Waals surface area (Å²) in [6.07, 6.45) is 2.79. The molecule has 4 heteroatoms. The largest absolute Gasteiger partial charge is 0.410 e. The van der Waals surface area contributed by atoms with E-state index in [0.717, 1.165) is 19.3 Å². The molecule has 1 saturated carbocycles. The van der Waals surface area contributed by atoms with E-state index in [4.69, 9.17) is 5.73 Å². The molecule has 4 N–H and O–H groups in total. The van der Waals surface area contributed by atoms with Crippen LogP contribution in [-0.4, -0.2) is 24.7 Å². The van der Waals surface area contributed by atoms with E-state index >= 15 is 0 Å². The van der Waals surface area contributed by atoms with Gasteiger partial charge < -0.3 is 15.3 Å². The van der Waals surface area contributed by atoms with Crippen molar-refractivity contribution in [1.29, 1.82) is 0 Å². The number of hydrogen-bond acceptors (Lipinski definition) is 3. The molecule has 1 aliphatic carbocycles. The first-order chi connectivity index (χ1) is 4.67. The van der Waals surface area contributed by atoms with E-state index in [1.807, 2.05) is 0 Å². The van der Waals surface area contributed by atoms with Gasteiger partial charge in [-0.05, 0) is 31.9 Å². The second kappa shape index (κ2) is 3.00. The summed E-state index contributed by atoms with van der Waals surface area (Å²) in [4.78, 5) is 18.8. The monoisotopic (exact) mass is 161 g/mol. The molecule has 0 heterocycles. The normalized spacial score (nSPS) is 19.5. The average molecular weight is 161 g/mol. The minimum atomic E-state index is -2.77. The first-order valence-electron chi connectivity index (χ1n) is 3.81. The fourth-order valence-corrected chi connectivity index (χ4v) is 3.34. The van der Waals surface area contributed by atoms with Crippen molar-refractivity contribution in [3.63, 3.8) is 0 Å². The smallest absolute Gasteiger partial charge is 0.336 e. The molecule has 0 saturated heterocycles. The van der Waals surface area contributed by atoms with Crippen LogP contribution in [0, 0.1) is 0 Å². The second-order valence-electron chi connectivity index (χ2n) is 3.05. The summed E-state index contributed by atoms with van der Waals surface area (Å²) in [5.41, 5.74) is 5.52. The van der Waals surface area contributed by atoms with Crippen molar-refractivity contribution >= 4 is 8.56 Å². The Labute approximate surface area is 62.1 Å². The van der Waals surface area contributed by atoms with Gasteiger partial charge in [0.1, 0.15) is 0 Å². The first-order valence-corrected chi connectivity index (χ1v) is 5.99. The summed E-state index contributed by atoms with van der Waals surface area (Å²) in [5.74, 6) is 0. The van der Waals surface area contributed by atoms with Crippen molar-refractivity contribution in [3.05, 3.63) is 0 Å². The van der Waals surface area contributed by atoms with Gasteiger partial charge in [-0.2, -0.15) is 0 Å². The Bertz CT molecular complexity index is 114. The molecule has 3 nitrogen and oxygen atoms in total. The number of hydrogen-bond donors (Lipinski definition) is 3. The van der Waals surface area contributed by atoms with E-state index in [2.05, 4.69) is 0 Å². The lowest BCUT2D eigenvalue weighted by atomic mass is 10.5. The topological polar surface area (TPSA) is 66.5 Å². The van der Waals surface area contributed by atoms with Gasteiger partial charge in [0.25, 0.3) is 0 Å². The van der Waals surface area contributed by atoms with Crippen LogP contribution >= 0.6 is 0 Å². The fourth-order valence-electron chi connectivity index (χ4n) is 1.11. The van der Waals surface area contributed by atoms with Crippen molar-refractivity contribution in [2.24, 2.45) is 5.73 Å². The molecule has 10 heavy (non-hydrogen) atoms. The lowest BCUT2D eigenvalue weighted by molar-refractivity contribution is 0.353. The lowest BCUT2D eigenvalue weighted by Gasteiger charge is -2.15. The quantitative estimate of drug-likeness (QED) is 0.505. The van der Waals surface area contributed by atoms with Crippen LogP contribution in [0.25, 0.3) is 0 Å². The third-order valence-corrected chi connectivity index (χ3v) is 4.95. The van der Waals surface area contributed by atoms with Gasteiger partial charge in [-0.3, -0.25) is 0 Å². The SMILES string of the molecule is NCCC[Si](O)(O)C1CC1. The van der Waals surface area contributed by atoms with Gasteiger partial charge in [-0.25, -0.2) is 0 Å². The fraction of sp³-hybridized carbons (Fsp3) is 1.00. The Morgan fingerprint density at radius 2 is 2.00 bits per heavy atom. The summed E-state index contributed by atoms with van der Waals surface area (Å²) in [6.45, 7) is 0.572. The van der Waals surface area contributed by atoms with E-state index in [-0.39, 0.29) is 5.54 Å². The lowest BCUT2D eigenvalue weighted by Crippen LogP contribution is -2.35. The highest BCUT2D eigenvalue weighted by Crippen LogP contribution is 2.44. The highest BCUT2D eigenvalue weighted by Gasteiger charge is 2.45. The minimum absolute atomic E-state index is 0.263. The van der Waals surface area contributed by atoms with Crippen molar-refractivity contribution in [1.82, 2.24) is 0 Å². The summed E-state index contributed by atoms with van der Waals surface area (Å²) in [7, 11) is -2.77. The summed E-state index contributed by atoms with van der Waals surface area (Å²) in [5, 5.41) is 0. The van der Waals surface area contributed by atoms with Crippen molar-refractivity contribution in [2.45, 2.75) is 30.8 Å². The van der Waals surface area contributed by atoms with E-state index in [9.17, 15) is 9.59 Å². The number of nitrogens with two attached hydrogens (primary N) is 1. The van der Waals surface area contributed by atoms with Crippen LogP contribution in [0.2, 0.25) is 11.6 Å². The molecule has 60 valence electrons. The van der Waals surface area contributed by atoms with E-state index in [1.54, 1.807) is 0 Å². The molecule has 0 aromatic heterocycles. The average Bonchev–Trinajstić information content (AvgIpc) is 2.64. The maximum Gasteiger partial charge on any atom is 0.336 e. The van der Waals surface area contributed by atoms with Crippen LogP contribution in [0.3, 0.4) is 0 Å². The Hall–Kier alpha value is 0.0969. The van der Waals surface area contributed by atoms with Gasteiger partial charge >= 0.3 is 8.56 Å². The maximum atomic E-state index is 9.42. The highest BCUT2D eigenvalue weighted by molar-refractivity contribution is 6.67. The molecule has 1 aliphatic rings. The van der Waals surface area contributed by atoms with Crippen molar-refractivity contribution in [2.75, 3.05) is 6.54 Å². The zero-order valence-corrected chi connectivity index (χ0v) is 7.08. The molecule has 0 atom stereocenters. The second-order valence-corrected chi connectivity index (χ2v) is 6.12. The van der Waals surface area contributed by atoms with Crippen molar-refractivity contribution < 1.29 is 9.59 Å². The molecular weight excluding hydrogens is 146 g/mol. The molecule has 0 aliphatic heterocycles. The summed E-state index contributed by atoms with van der Waals surface area (Å²) >= 11 is 0. The zero-order chi connectivity index (χ0) is 7.61. The number of rotatable bonds is 4. The van der Waals surface area contributed by atoms with Gasteiger partial charge in [-0.1, -0.05) is 0 Å². The summed E-state index contributed by atoms with van der Waals surface area (Å²) < 4.78 is 0. The third-order valence-electron chi connectivity index (χ3n) is 1.98. The van der Waals surface area contributed by atoms with Crippen molar-refractivity contribution in [3.8, 4) is 0 Å². The van der Waals surface area contributed by atoms with Crippen LogP contribution < -0.4 is 5.73 Å². The summed E-state index contributed by atoms with van der Waals surface area (Å²) in [6, 6.07) is 0.564. The van der Waals surface area contributed by atoms with E-state index < -0.39 is 8.56 Å². The van der Waals surface area contributed by atoms with Gasteiger partial charge in [0.15, 0.2) is 0 Å². The zero-order valence-electron chi connectivity index (χ0n) is 6.08. The third kappa shape index (κ3) is 2.05. The molecule has 0 aromatic carbocycles. The predicted octanol–water partition coefficient (Wildman–Crippen LogP) is -0.0740. The minimum Gasteiger partial charge on any atom is -0.410 e.